The number of carbonyl (C=O) groups excluding carboxylic acids is 2. The van der Waals surface area contributed by atoms with Gasteiger partial charge in [0, 0.05) is 19.1 Å². The minimum atomic E-state index is 0.0695. The lowest BCUT2D eigenvalue weighted by molar-refractivity contribution is -0.150. The monoisotopic (exact) mass is 225 g/mol. The molecule has 1 N–H and O–H groups in total. The van der Waals surface area contributed by atoms with Crippen molar-refractivity contribution in [2.45, 2.75) is 25.8 Å². The Morgan fingerprint density at radius 3 is 2.56 bits per heavy atom. The van der Waals surface area contributed by atoms with Gasteiger partial charge in [-0.25, -0.2) is 0 Å². The second kappa shape index (κ2) is 4.82. The van der Waals surface area contributed by atoms with Crippen LogP contribution >= 0.6 is 0 Å². The van der Waals surface area contributed by atoms with Gasteiger partial charge in [0.1, 0.15) is 0 Å². The Morgan fingerprint density at radius 2 is 1.94 bits per heavy atom. The first-order chi connectivity index (χ1) is 7.70. The van der Waals surface area contributed by atoms with Crippen LogP contribution in [0.15, 0.2) is 0 Å². The fraction of sp³-hybridized carbons (Fsp3) is 0.818. The van der Waals surface area contributed by atoms with E-state index in [9.17, 15) is 9.59 Å². The number of hydrogen-bond acceptors (Lipinski definition) is 3. The van der Waals surface area contributed by atoms with Gasteiger partial charge in [0.15, 0.2) is 0 Å². The molecule has 2 aliphatic rings. The van der Waals surface area contributed by atoms with E-state index >= 15 is 0 Å². The van der Waals surface area contributed by atoms with Gasteiger partial charge in [0.2, 0.25) is 11.8 Å². The summed E-state index contributed by atoms with van der Waals surface area (Å²) >= 11 is 0. The highest BCUT2D eigenvalue weighted by Gasteiger charge is 2.30. The van der Waals surface area contributed by atoms with Crippen LogP contribution in [0, 0.1) is 0 Å². The molecule has 2 fully saturated rings. The van der Waals surface area contributed by atoms with E-state index in [-0.39, 0.29) is 24.9 Å². The van der Waals surface area contributed by atoms with Crippen LogP contribution in [0.1, 0.15) is 19.8 Å². The van der Waals surface area contributed by atoms with Crippen LogP contribution in [0.4, 0.5) is 0 Å². The number of nitrogens with one attached hydrogen (secondary N) is 1. The molecule has 16 heavy (non-hydrogen) atoms. The Labute approximate surface area is 95.8 Å². The summed E-state index contributed by atoms with van der Waals surface area (Å²) in [5, 5.41) is 3.35. The Balaban J connectivity index is 1.90. The highest BCUT2D eigenvalue weighted by molar-refractivity contribution is 5.92. The standard InChI is InChI=1S/C11H19N3O2/c1-2-13-7-11(16)14(8-10(13)15)6-9-4-3-5-12-9/h9,12H,2-8H2,1H3/t9-/m1/s1. The van der Waals surface area contributed by atoms with Gasteiger partial charge >= 0.3 is 0 Å². The number of hydrogen-bond donors (Lipinski definition) is 1. The Bertz CT molecular complexity index is 287. The predicted octanol–water partition coefficient (Wildman–Crippen LogP) is -0.571. The van der Waals surface area contributed by atoms with Gasteiger partial charge in [-0.05, 0) is 26.3 Å². The molecule has 0 aromatic heterocycles. The van der Waals surface area contributed by atoms with Crippen molar-refractivity contribution >= 4 is 11.8 Å². The summed E-state index contributed by atoms with van der Waals surface area (Å²) in [5.74, 6) is 0.148. The zero-order valence-corrected chi connectivity index (χ0v) is 9.74. The third-order valence-corrected chi connectivity index (χ3v) is 3.34. The molecule has 2 heterocycles. The SMILES string of the molecule is CCN1CC(=O)N(C[C@H]2CCCN2)CC1=O. The summed E-state index contributed by atoms with van der Waals surface area (Å²) < 4.78 is 0. The summed E-state index contributed by atoms with van der Waals surface area (Å²) in [6.45, 7) is 4.75. The smallest absolute Gasteiger partial charge is 0.242 e. The molecule has 2 aliphatic heterocycles. The number of piperazine rings is 1. The van der Waals surface area contributed by atoms with E-state index in [1.807, 2.05) is 6.92 Å². The maximum Gasteiger partial charge on any atom is 0.242 e. The molecular weight excluding hydrogens is 206 g/mol. The molecule has 0 aromatic rings. The van der Waals surface area contributed by atoms with Crippen LogP contribution in [0.3, 0.4) is 0 Å². The molecule has 0 spiro atoms. The van der Waals surface area contributed by atoms with Crippen molar-refractivity contribution in [2.24, 2.45) is 0 Å². The number of carbonyl (C=O) groups is 2. The molecule has 0 aliphatic carbocycles. The molecule has 1 atom stereocenters. The van der Waals surface area contributed by atoms with E-state index in [1.54, 1.807) is 9.80 Å². The first-order valence-corrected chi connectivity index (χ1v) is 5.99. The van der Waals surface area contributed by atoms with E-state index in [2.05, 4.69) is 5.32 Å². The van der Waals surface area contributed by atoms with Crippen molar-refractivity contribution in [3.05, 3.63) is 0 Å². The average Bonchev–Trinajstić information content (AvgIpc) is 2.75. The second-order valence-electron chi connectivity index (χ2n) is 4.48. The minimum absolute atomic E-state index is 0.0695. The minimum Gasteiger partial charge on any atom is -0.332 e. The lowest BCUT2D eigenvalue weighted by atomic mass is 10.2. The van der Waals surface area contributed by atoms with Crippen LogP contribution in [-0.2, 0) is 9.59 Å². The number of likely N-dealkylation sites (N-methyl/N-ethyl adjacent to an activating group) is 1. The molecule has 90 valence electrons. The molecule has 0 bridgehead atoms. The zero-order chi connectivity index (χ0) is 11.5. The molecule has 2 amide bonds. The fourth-order valence-electron chi connectivity index (χ4n) is 2.34. The summed E-state index contributed by atoms with van der Waals surface area (Å²) in [6.07, 6.45) is 2.27. The van der Waals surface area contributed by atoms with Crippen LogP contribution in [0.2, 0.25) is 0 Å². The van der Waals surface area contributed by atoms with E-state index in [0.717, 1.165) is 13.0 Å². The van der Waals surface area contributed by atoms with Crippen LogP contribution in [-0.4, -0.2) is 60.4 Å². The lowest BCUT2D eigenvalue weighted by Crippen LogP contribution is -2.55. The first kappa shape index (κ1) is 11.4. The number of nitrogens with zero attached hydrogens (tertiary/aromatic N) is 2. The molecule has 0 aromatic carbocycles. The molecule has 2 saturated heterocycles. The summed E-state index contributed by atoms with van der Waals surface area (Å²) in [7, 11) is 0. The van der Waals surface area contributed by atoms with Gasteiger partial charge in [-0.2, -0.15) is 0 Å². The zero-order valence-electron chi connectivity index (χ0n) is 9.74. The lowest BCUT2D eigenvalue weighted by Gasteiger charge is -2.34. The van der Waals surface area contributed by atoms with Gasteiger partial charge < -0.3 is 15.1 Å². The maximum absolute atomic E-state index is 11.8. The third-order valence-electron chi connectivity index (χ3n) is 3.34. The van der Waals surface area contributed by atoms with Crippen molar-refractivity contribution in [1.29, 1.82) is 0 Å². The van der Waals surface area contributed by atoms with Crippen molar-refractivity contribution in [1.82, 2.24) is 15.1 Å². The van der Waals surface area contributed by atoms with E-state index < -0.39 is 0 Å². The predicted molar refractivity (Wildman–Crippen MR) is 59.9 cm³/mol. The largest absolute Gasteiger partial charge is 0.332 e. The molecule has 0 radical (unpaired) electrons. The Kier molecular flexibility index (Phi) is 3.43. The Morgan fingerprint density at radius 1 is 1.25 bits per heavy atom. The molecular formula is C11H19N3O2. The van der Waals surface area contributed by atoms with Gasteiger partial charge in [0.25, 0.3) is 0 Å². The molecule has 2 rings (SSSR count). The fourth-order valence-corrected chi connectivity index (χ4v) is 2.34. The van der Waals surface area contributed by atoms with E-state index in [1.165, 1.54) is 6.42 Å². The first-order valence-electron chi connectivity index (χ1n) is 5.99. The van der Waals surface area contributed by atoms with Crippen LogP contribution in [0.5, 0.6) is 0 Å². The highest BCUT2D eigenvalue weighted by atomic mass is 16.2. The molecule has 5 nitrogen and oxygen atoms in total. The molecule has 0 unspecified atom stereocenters. The van der Waals surface area contributed by atoms with Gasteiger partial charge in [-0.15, -0.1) is 0 Å². The summed E-state index contributed by atoms with van der Waals surface area (Å²) in [6, 6.07) is 0.380. The van der Waals surface area contributed by atoms with Gasteiger partial charge in [0.05, 0.1) is 13.1 Å². The van der Waals surface area contributed by atoms with E-state index in [0.29, 0.717) is 19.1 Å². The summed E-state index contributed by atoms with van der Waals surface area (Å²) in [5.41, 5.74) is 0. The molecule has 0 saturated carbocycles. The van der Waals surface area contributed by atoms with Crippen molar-refractivity contribution in [2.75, 3.05) is 32.7 Å². The third kappa shape index (κ3) is 2.35. The second-order valence-corrected chi connectivity index (χ2v) is 4.48. The normalized spacial score (nSPS) is 26.7. The van der Waals surface area contributed by atoms with Crippen molar-refractivity contribution in [3.63, 3.8) is 0 Å². The van der Waals surface area contributed by atoms with Crippen molar-refractivity contribution < 1.29 is 9.59 Å². The van der Waals surface area contributed by atoms with Gasteiger partial charge in [-0.1, -0.05) is 0 Å². The number of rotatable bonds is 3. The van der Waals surface area contributed by atoms with E-state index in [4.69, 9.17) is 0 Å². The number of amides is 2. The van der Waals surface area contributed by atoms with Gasteiger partial charge in [-0.3, -0.25) is 9.59 Å². The quantitative estimate of drug-likeness (QED) is 0.700. The highest BCUT2D eigenvalue weighted by Crippen LogP contribution is 2.10. The average molecular weight is 225 g/mol. The molecule has 5 heteroatoms. The Hall–Kier alpha value is -1.10. The maximum atomic E-state index is 11.8. The summed E-state index contributed by atoms with van der Waals surface area (Å²) in [4.78, 5) is 26.8. The van der Waals surface area contributed by atoms with Crippen LogP contribution in [0.25, 0.3) is 0 Å². The topological polar surface area (TPSA) is 52.7 Å². The van der Waals surface area contributed by atoms with Crippen molar-refractivity contribution in [3.8, 4) is 0 Å². The van der Waals surface area contributed by atoms with Crippen LogP contribution < -0.4 is 5.32 Å².